The molecule has 0 N–H and O–H groups in total. The predicted molar refractivity (Wildman–Crippen MR) is 190 cm³/mol. The molecule has 46 heavy (non-hydrogen) atoms. The largest absolute Gasteiger partial charge is 0.453 e. The van der Waals surface area contributed by atoms with Crippen LogP contribution in [0.5, 0.6) is 11.5 Å². The number of fused-ring (bicyclic) bond motifs is 12. The van der Waals surface area contributed by atoms with Gasteiger partial charge in [-0.25, -0.2) is 0 Å². The second kappa shape index (κ2) is 8.68. The average molecular weight is 588 g/mol. The van der Waals surface area contributed by atoms with Crippen molar-refractivity contribution in [2.45, 2.75) is 0 Å². The van der Waals surface area contributed by atoms with Crippen molar-refractivity contribution < 1.29 is 4.74 Å². The van der Waals surface area contributed by atoms with Crippen LogP contribution in [0.25, 0.3) is 82.5 Å². The summed E-state index contributed by atoms with van der Waals surface area (Å²) in [6.07, 6.45) is 0. The molecule has 3 aromatic heterocycles. The fraction of sp³-hybridized carbons (Fsp3) is 0. The van der Waals surface area contributed by atoms with E-state index in [1.165, 1.54) is 59.9 Å². The molecule has 0 spiro atoms. The highest BCUT2D eigenvalue weighted by molar-refractivity contribution is 6.26. The van der Waals surface area contributed by atoms with Gasteiger partial charge in [-0.1, -0.05) is 91.0 Å². The lowest BCUT2D eigenvalue weighted by atomic mass is 10.1. The molecule has 0 fully saturated rings. The molecule has 4 heterocycles. The monoisotopic (exact) mass is 587 g/mol. The molecule has 7 aromatic carbocycles. The van der Waals surface area contributed by atoms with Gasteiger partial charge in [0.1, 0.15) is 0 Å². The molecule has 1 aliphatic rings. The Bertz CT molecular complexity index is 2890. The van der Waals surface area contributed by atoms with Gasteiger partial charge in [-0.3, -0.25) is 0 Å². The average Bonchev–Trinajstić information content (AvgIpc) is 3.75. The minimum atomic E-state index is 0.866. The van der Waals surface area contributed by atoms with E-state index in [2.05, 4.69) is 159 Å². The summed E-state index contributed by atoms with van der Waals surface area (Å²) >= 11 is 0. The maximum atomic E-state index is 6.72. The van der Waals surface area contributed by atoms with E-state index in [0.717, 1.165) is 34.1 Å². The van der Waals surface area contributed by atoms with Crippen LogP contribution >= 0.6 is 0 Å². The zero-order valence-electron chi connectivity index (χ0n) is 24.7. The van der Waals surface area contributed by atoms with Crippen molar-refractivity contribution >= 4 is 65.4 Å². The molecule has 4 nitrogen and oxygen atoms in total. The second-order valence-electron chi connectivity index (χ2n) is 12.2. The zero-order chi connectivity index (χ0) is 29.9. The summed E-state index contributed by atoms with van der Waals surface area (Å²) < 4.78 is 13.9. The molecule has 0 saturated carbocycles. The Labute approximate surface area is 263 Å². The first-order chi connectivity index (χ1) is 22.8. The number of benzene rings is 7. The third kappa shape index (κ3) is 2.98. The van der Waals surface area contributed by atoms with Gasteiger partial charge in [0.25, 0.3) is 0 Å². The van der Waals surface area contributed by atoms with Crippen molar-refractivity contribution in [3.05, 3.63) is 152 Å². The van der Waals surface area contributed by atoms with E-state index < -0.39 is 0 Å². The van der Waals surface area contributed by atoms with Gasteiger partial charge in [-0.2, -0.15) is 0 Å². The topological polar surface area (TPSA) is 24.0 Å². The quantitative estimate of drug-likeness (QED) is 0.197. The molecule has 11 rings (SSSR count). The molecular weight excluding hydrogens is 562 g/mol. The molecule has 0 radical (unpaired) electrons. The first kappa shape index (κ1) is 24.1. The second-order valence-corrected chi connectivity index (χ2v) is 12.2. The minimum absolute atomic E-state index is 0.866. The van der Waals surface area contributed by atoms with Gasteiger partial charge < -0.3 is 18.4 Å². The van der Waals surface area contributed by atoms with Crippen LogP contribution in [0, 0.1) is 0 Å². The molecule has 0 amide bonds. The number of para-hydroxylation sites is 6. The van der Waals surface area contributed by atoms with Crippen LogP contribution in [0.3, 0.4) is 0 Å². The van der Waals surface area contributed by atoms with Gasteiger partial charge >= 0.3 is 0 Å². The highest BCUT2D eigenvalue weighted by Crippen LogP contribution is 2.48. The predicted octanol–water partition coefficient (Wildman–Crippen LogP) is 11.1. The maximum Gasteiger partial charge on any atom is 0.154 e. The normalized spacial score (nSPS) is 12.5. The van der Waals surface area contributed by atoms with Crippen molar-refractivity contribution in [1.82, 2.24) is 13.7 Å². The van der Waals surface area contributed by atoms with Gasteiger partial charge in [0.15, 0.2) is 11.5 Å². The Morgan fingerprint density at radius 3 is 1.78 bits per heavy atom. The van der Waals surface area contributed by atoms with Crippen LogP contribution in [-0.2, 0) is 0 Å². The van der Waals surface area contributed by atoms with E-state index in [4.69, 9.17) is 4.74 Å². The molecule has 1 aliphatic heterocycles. The van der Waals surface area contributed by atoms with E-state index >= 15 is 0 Å². The van der Waals surface area contributed by atoms with Gasteiger partial charge in [-0.15, -0.1) is 0 Å². The molecule has 0 bridgehead atoms. The lowest BCUT2D eigenvalue weighted by Gasteiger charge is -2.22. The summed E-state index contributed by atoms with van der Waals surface area (Å²) in [5.74, 6) is 1.73. The lowest BCUT2D eigenvalue weighted by molar-refractivity contribution is 0.476. The molecule has 0 atom stereocenters. The fourth-order valence-electron chi connectivity index (χ4n) is 7.98. The summed E-state index contributed by atoms with van der Waals surface area (Å²) in [6.45, 7) is 0. The molecule has 10 aromatic rings. The highest BCUT2D eigenvalue weighted by atomic mass is 16.5. The molecule has 214 valence electrons. The van der Waals surface area contributed by atoms with Gasteiger partial charge in [0.2, 0.25) is 0 Å². The molecule has 0 aliphatic carbocycles. The molecular formula is C42H25N3O. The number of aromatic nitrogens is 3. The Morgan fingerprint density at radius 1 is 0.348 bits per heavy atom. The molecule has 4 heteroatoms. The van der Waals surface area contributed by atoms with Crippen LogP contribution < -0.4 is 4.74 Å². The lowest BCUT2D eigenvalue weighted by Crippen LogP contribution is -2.05. The first-order valence-electron chi connectivity index (χ1n) is 15.7. The van der Waals surface area contributed by atoms with E-state index in [1.54, 1.807) is 0 Å². The van der Waals surface area contributed by atoms with Crippen molar-refractivity contribution in [1.29, 1.82) is 0 Å². The summed E-state index contributed by atoms with van der Waals surface area (Å²) in [4.78, 5) is 0. The fourth-order valence-corrected chi connectivity index (χ4v) is 7.98. The Hall–Kier alpha value is -6.26. The van der Waals surface area contributed by atoms with Crippen LogP contribution in [0.4, 0.5) is 0 Å². The van der Waals surface area contributed by atoms with E-state index in [1.807, 2.05) is 6.07 Å². The van der Waals surface area contributed by atoms with E-state index in [9.17, 15) is 0 Å². The molecule has 0 saturated heterocycles. The Balaban J connectivity index is 1.33. The number of hydrogen-bond acceptors (Lipinski definition) is 1. The van der Waals surface area contributed by atoms with Crippen LogP contribution in [0.2, 0.25) is 0 Å². The summed E-state index contributed by atoms with van der Waals surface area (Å²) in [5.41, 5.74) is 10.4. The van der Waals surface area contributed by atoms with Crippen molar-refractivity contribution in [2.24, 2.45) is 0 Å². The smallest absolute Gasteiger partial charge is 0.154 e. The van der Waals surface area contributed by atoms with Gasteiger partial charge in [0.05, 0.1) is 44.5 Å². The summed E-state index contributed by atoms with van der Waals surface area (Å²) in [6, 6.07) is 54.4. The minimum Gasteiger partial charge on any atom is -0.453 e. The Morgan fingerprint density at radius 2 is 0.978 bits per heavy atom. The molecule has 0 unspecified atom stereocenters. The van der Waals surface area contributed by atoms with Gasteiger partial charge in [-0.05, 0) is 54.6 Å². The van der Waals surface area contributed by atoms with E-state index in [0.29, 0.717) is 0 Å². The van der Waals surface area contributed by atoms with Gasteiger partial charge in [0, 0.05) is 44.1 Å². The third-order valence-corrected chi connectivity index (χ3v) is 9.79. The van der Waals surface area contributed by atoms with Crippen LogP contribution in [0.15, 0.2) is 152 Å². The number of rotatable bonds is 2. The summed E-state index contributed by atoms with van der Waals surface area (Å²) in [7, 11) is 0. The zero-order valence-corrected chi connectivity index (χ0v) is 24.7. The third-order valence-electron chi connectivity index (χ3n) is 9.79. The summed E-state index contributed by atoms with van der Waals surface area (Å²) in [5, 5.41) is 7.35. The number of nitrogens with zero attached hydrogens (tertiary/aromatic N) is 3. The van der Waals surface area contributed by atoms with Crippen LogP contribution in [0.1, 0.15) is 0 Å². The number of hydrogen-bond donors (Lipinski definition) is 0. The standard InChI is InChI=1S/C42H25N3O/c1-2-12-26(13-3-1)43-35-19-9-6-16-31(35)40-37(43)23-22-30-28-14-4-7-17-33(28)44(42(30)40)27-24-32-29-15-5-8-18-34(29)45-36-20-10-11-21-38(36)46-39(25-27)41(32)45/h1-25H. The first-order valence-corrected chi connectivity index (χ1v) is 15.7. The van der Waals surface area contributed by atoms with Crippen molar-refractivity contribution in [3.63, 3.8) is 0 Å². The van der Waals surface area contributed by atoms with Crippen molar-refractivity contribution in [2.75, 3.05) is 0 Å². The number of ether oxygens (including phenoxy) is 1. The highest BCUT2D eigenvalue weighted by Gasteiger charge is 2.26. The SMILES string of the molecule is c1ccc(-n2c3ccccc3c3c2ccc2c4ccccc4n(-c4cc5c6c(c4)c4ccccc4n6-c4ccccc4O5)c23)cc1. The van der Waals surface area contributed by atoms with E-state index in [-0.39, 0.29) is 0 Å². The Kier molecular flexibility index (Phi) is 4.55. The van der Waals surface area contributed by atoms with Crippen molar-refractivity contribution in [3.8, 4) is 28.6 Å². The maximum absolute atomic E-state index is 6.72. The van der Waals surface area contributed by atoms with Crippen LogP contribution in [-0.4, -0.2) is 13.7 Å².